The number of ether oxygens (including phenoxy) is 1. The van der Waals surface area contributed by atoms with Crippen LogP contribution in [-0.4, -0.2) is 18.1 Å². The van der Waals surface area contributed by atoms with Gasteiger partial charge in [0.2, 0.25) is 0 Å². The van der Waals surface area contributed by atoms with E-state index in [0.29, 0.717) is 12.1 Å². The number of carbonyl (C=O) groups excluding carboxylic acids is 1. The second-order valence-electron chi connectivity index (χ2n) is 5.57. The average molecular weight is 305 g/mol. The van der Waals surface area contributed by atoms with Gasteiger partial charge in [0.15, 0.2) is 0 Å². The lowest BCUT2D eigenvalue weighted by atomic mass is 10.0. The summed E-state index contributed by atoms with van der Waals surface area (Å²) in [4.78, 5) is 14.5. The monoisotopic (exact) mass is 305 g/mol. The van der Waals surface area contributed by atoms with E-state index in [1.54, 1.807) is 18.1 Å². The fourth-order valence-electron chi connectivity index (χ4n) is 3.11. The van der Waals surface area contributed by atoms with Crippen molar-refractivity contribution in [3.8, 4) is 11.5 Å². The van der Waals surface area contributed by atoms with Crippen LogP contribution < -0.4 is 9.64 Å². The molecule has 4 nitrogen and oxygen atoms in total. The molecule has 114 valence electrons. The van der Waals surface area contributed by atoms with Crippen molar-refractivity contribution in [1.29, 1.82) is 0 Å². The van der Waals surface area contributed by atoms with Crippen LogP contribution in [0.4, 0.5) is 5.69 Å². The number of anilines is 1. The van der Waals surface area contributed by atoms with Crippen molar-refractivity contribution in [3.05, 3.63) is 65.7 Å². The SMILES string of the molecule is COc1ccc(CN2C(=O)c3c(O)ccc4cccc2c34)cc1. The molecule has 4 heteroatoms. The highest BCUT2D eigenvalue weighted by Crippen LogP contribution is 2.41. The molecule has 0 saturated heterocycles. The van der Waals surface area contributed by atoms with Crippen LogP contribution >= 0.6 is 0 Å². The van der Waals surface area contributed by atoms with Gasteiger partial charge in [-0.3, -0.25) is 4.79 Å². The minimum absolute atomic E-state index is 0.0344. The number of hydrogen-bond acceptors (Lipinski definition) is 3. The molecule has 1 aliphatic heterocycles. The molecule has 0 radical (unpaired) electrons. The van der Waals surface area contributed by atoms with Crippen LogP contribution in [0.3, 0.4) is 0 Å². The second-order valence-corrected chi connectivity index (χ2v) is 5.57. The Morgan fingerprint density at radius 3 is 2.57 bits per heavy atom. The van der Waals surface area contributed by atoms with E-state index in [1.807, 2.05) is 48.5 Å². The van der Waals surface area contributed by atoms with Crippen LogP contribution in [0.5, 0.6) is 11.5 Å². The van der Waals surface area contributed by atoms with E-state index in [4.69, 9.17) is 4.74 Å². The Morgan fingerprint density at radius 1 is 1.04 bits per heavy atom. The van der Waals surface area contributed by atoms with Gasteiger partial charge in [-0.05, 0) is 35.2 Å². The van der Waals surface area contributed by atoms with Crippen molar-refractivity contribution in [3.63, 3.8) is 0 Å². The van der Waals surface area contributed by atoms with Crippen LogP contribution in [0.2, 0.25) is 0 Å². The maximum atomic E-state index is 12.8. The number of aromatic hydroxyl groups is 1. The number of benzene rings is 3. The van der Waals surface area contributed by atoms with E-state index in [-0.39, 0.29) is 11.7 Å². The summed E-state index contributed by atoms with van der Waals surface area (Å²) in [7, 11) is 1.62. The fourth-order valence-corrected chi connectivity index (χ4v) is 3.11. The van der Waals surface area contributed by atoms with Gasteiger partial charge in [-0.2, -0.15) is 0 Å². The lowest BCUT2D eigenvalue weighted by Crippen LogP contribution is -2.26. The summed E-state index contributed by atoms with van der Waals surface area (Å²) in [6.45, 7) is 0.454. The molecule has 1 aliphatic rings. The molecule has 0 fully saturated rings. The third kappa shape index (κ3) is 2.03. The van der Waals surface area contributed by atoms with Crippen molar-refractivity contribution >= 4 is 22.4 Å². The molecule has 0 aromatic heterocycles. The van der Waals surface area contributed by atoms with Gasteiger partial charge in [0.05, 0.1) is 24.9 Å². The maximum absolute atomic E-state index is 12.8. The third-order valence-electron chi connectivity index (χ3n) is 4.25. The first-order chi connectivity index (χ1) is 11.2. The zero-order chi connectivity index (χ0) is 16.0. The van der Waals surface area contributed by atoms with Gasteiger partial charge < -0.3 is 14.7 Å². The molecule has 0 aliphatic carbocycles. The normalized spacial score (nSPS) is 12.9. The van der Waals surface area contributed by atoms with Crippen molar-refractivity contribution < 1.29 is 14.6 Å². The largest absolute Gasteiger partial charge is 0.507 e. The summed E-state index contributed by atoms with van der Waals surface area (Å²) in [5.41, 5.74) is 2.24. The van der Waals surface area contributed by atoms with Crippen LogP contribution in [0.1, 0.15) is 15.9 Å². The molecule has 3 aromatic rings. The topological polar surface area (TPSA) is 49.8 Å². The summed E-state index contributed by atoms with van der Waals surface area (Å²) in [6, 6.07) is 16.8. The van der Waals surface area contributed by atoms with Crippen molar-refractivity contribution in [2.24, 2.45) is 0 Å². The van der Waals surface area contributed by atoms with Gasteiger partial charge in [0.1, 0.15) is 11.5 Å². The molecule has 1 amide bonds. The Hall–Kier alpha value is -3.01. The first kappa shape index (κ1) is 13.6. The molecule has 4 rings (SSSR count). The smallest absolute Gasteiger partial charge is 0.263 e. The van der Waals surface area contributed by atoms with Crippen molar-refractivity contribution in [2.45, 2.75) is 6.54 Å². The first-order valence-electron chi connectivity index (χ1n) is 7.38. The Kier molecular flexibility index (Phi) is 2.98. The predicted octanol–water partition coefficient (Wildman–Crippen LogP) is 3.71. The van der Waals surface area contributed by atoms with Gasteiger partial charge >= 0.3 is 0 Å². The molecule has 0 atom stereocenters. The number of methoxy groups -OCH3 is 1. The third-order valence-corrected chi connectivity index (χ3v) is 4.25. The molecule has 1 heterocycles. The molecule has 3 aromatic carbocycles. The highest BCUT2D eigenvalue weighted by Gasteiger charge is 2.32. The Morgan fingerprint density at radius 2 is 1.83 bits per heavy atom. The lowest BCUT2D eigenvalue weighted by molar-refractivity contribution is 0.0989. The molecule has 1 N–H and O–H groups in total. The van der Waals surface area contributed by atoms with E-state index >= 15 is 0 Å². The number of phenols is 1. The van der Waals surface area contributed by atoms with Crippen molar-refractivity contribution in [2.75, 3.05) is 12.0 Å². The van der Waals surface area contributed by atoms with Gasteiger partial charge in [-0.25, -0.2) is 0 Å². The highest BCUT2D eigenvalue weighted by atomic mass is 16.5. The number of rotatable bonds is 3. The minimum atomic E-state index is -0.162. The predicted molar refractivity (Wildman–Crippen MR) is 89.1 cm³/mol. The average Bonchev–Trinajstić information content (AvgIpc) is 2.86. The maximum Gasteiger partial charge on any atom is 0.263 e. The number of carbonyl (C=O) groups is 1. The fraction of sp³-hybridized carbons (Fsp3) is 0.105. The van der Waals surface area contributed by atoms with E-state index in [0.717, 1.165) is 27.8 Å². The van der Waals surface area contributed by atoms with Gasteiger partial charge in [-0.15, -0.1) is 0 Å². The van der Waals surface area contributed by atoms with E-state index in [9.17, 15) is 9.90 Å². The summed E-state index contributed by atoms with van der Waals surface area (Å²) in [6.07, 6.45) is 0. The van der Waals surface area contributed by atoms with Crippen LogP contribution in [0.25, 0.3) is 10.8 Å². The zero-order valence-corrected chi connectivity index (χ0v) is 12.6. The number of nitrogens with zero attached hydrogens (tertiary/aromatic N) is 1. The molecule has 23 heavy (non-hydrogen) atoms. The number of amides is 1. The molecular formula is C19H15NO3. The molecular weight excluding hydrogens is 290 g/mol. The van der Waals surface area contributed by atoms with Gasteiger partial charge in [0.25, 0.3) is 5.91 Å². The Labute approximate surface area is 133 Å². The number of hydrogen-bond donors (Lipinski definition) is 1. The molecule has 0 unspecified atom stereocenters. The second kappa shape index (κ2) is 5.02. The van der Waals surface area contributed by atoms with Crippen molar-refractivity contribution in [1.82, 2.24) is 0 Å². The highest BCUT2D eigenvalue weighted by molar-refractivity contribution is 6.26. The summed E-state index contributed by atoms with van der Waals surface area (Å²) < 4.78 is 5.16. The summed E-state index contributed by atoms with van der Waals surface area (Å²) in [5, 5.41) is 11.9. The quantitative estimate of drug-likeness (QED) is 0.802. The lowest BCUT2D eigenvalue weighted by Gasteiger charge is -2.18. The Balaban J connectivity index is 1.78. The Bertz CT molecular complexity index is 916. The van der Waals surface area contributed by atoms with E-state index in [1.165, 1.54) is 0 Å². The van der Waals surface area contributed by atoms with Gasteiger partial charge in [0, 0.05) is 5.39 Å². The van der Waals surface area contributed by atoms with Gasteiger partial charge in [-0.1, -0.05) is 30.3 Å². The number of phenolic OH excluding ortho intramolecular Hbond substituents is 1. The first-order valence-corrected chi connectivity index (χ1v) is 7.38. The zero-order valence-electron chi connectivity index (χ0n) is 12.6. The molecule has 0 spiro atoms. The minimum Gasteiger partial charge on any atom is -0.507 e. The summed E-state index contributed by atoms with van der Waals surface area (Å²) in [5.74, 6) is 0.654. The van der Waals surface area contributed by atoms with E-state index in [2.05, 4.69) is 0 Å². The van der Waals surface area contributed by atoms with Crippen LogP contribution in [0, 0.1) is 0 Å². The van der Waals surface area contributed by atoms with E-state index < -0.39 is 0 Å². The standard InChI is InChI=1S/C19H15NO3/c1-23-14-8-5-12(6-9-14)11-20-15-4-2-3-13-7-10-16(21)18(17(13)15)19(20)22/h2-10,21H,11H2,1H3. The van der Waals surface area contributed by atoms with Crippen LogP contribution in [-0.2, 0) is 6.54 Å². The molecule has 0 saturated carbocycles. The summed E-state index contributed by atoms with van der Waals surface area (Å²) >= 11 is 0. The van der Waals surface area contributed by atoms with Crippen LogP contribution in [0.15, 0.2) is 54.6 Å². The molecule has 0 bridgehead atoms.